The summed E-state index contributed by atoms with van der Waals surface area (Å²) >= 11 is 1.99. The standard InChI is InChI=1S/C19H27N3O2S/c23-18-11-16(14-22(18)13-15-5-4-8-20-12-15)19(24)21-9-10-25-17-6-2-1-3-7-17/h4-5,8,12,16-17H,1-3,6-7,9-11,13-14H2,(H,21,24). The van der Waals surface area contributed by atoms with E-state index in [1.165, 1.54) is 32.1 Å². The van der Waals surface area contributed by atoms with Gasteiger partial charge < -0.3 is 10.2 Å². The number of carbonyl (C=O) groups is 2. The lowest BCUT2D eigenvalue weighted by atomic mass is 10.0. The number of hydrogen-bond donors (Lipinski definition) is 1. The molecule has 2 aliphatic rings. The number of nitrogens with one attached hydrogen (secondary N) is 1. The van der Waals surface area contributed by atoms with Crippen LogP contribution >= 0.6 is 11.8 Å². The van der Waals surface area contributed by atoms with Crippen molar-refractivity contribution >= 4 is 23.6 Å². The molecule has 1 atom stereocenters. The predicted molar refractivity (Wildman–Crippen MR) is 100 cm³/mol. The molecule has 6 heteroatoms. The summed E-state index contributed by atoms with van der Waals surface area (Å²) in [6.45, 7) is 1.75. The molecule has 2 heterocycles. The van der Waals surface area contributed by atoms with Crippen LogP contribution in [0.5, 0.6) is 0 Å². The maximum absolute atomic E-state index is 12.3. The Labute approximate surface area is 154 Å². The largest absolute Gasteiger partial charge is 0.355 e. The topological polar surface area (TPSA) is 62.3 Å². The Bertz CT molecular complexity index is 575. The zero-order valence-corrected chi connectivity index (χ0v) is 15.5. The lowest BCUT2D eigenvalue weighted by Crippen LogP contribution is -2.34. The summed E-state index contributed by atoms with van der Waals surface area (Å²) in [6, 6.07) is 3.82. The summed E-state index contributed by atoms with van der Waals surface area (Å²) in [7, 11) is 0. The van der Waals surface area contributed by atoms with Crippen LogP contribution in [0.2, 0.25) is 0 Å². The molecule has 1 saturated heterocycles. The first kappa shape index (κ1) is 18.2. The number of thioether (sulfide) groups is 1. The van der Waals surface area contributed by atoms with Crippen molar-refractivity contribution < 1.29 is 9.59 Å². The molecule has 0 radical (unpaired) electrons. The summed E-state index contributed by atoms with van der Waals surface area (Å²) in [5.74, 6) is 0.826. The van der Waals surface area contributed by atoms with Gasteiger partial charge in [-0.05, 0) is 24.5 Å². The van der Waals surface area contributed by atoms with Crippen LogP contribution in [0.3, 0.4) is 0 Å². The Morgan fingerprint density at radius 3 is 2.92 bits per heavy atom. The Kier molecular flexibility index (Phi) is 6.73. The van der Waals surface area contributed by atoms with Crippen LogP contribution in [0, 0.1) is 5.92 Å². The van der Waals surface area contributed by atoms with E-state index in [4.69, 9.17) is 0 Å². The molecule has 1 unspecified atom stereocenters. The van der Waals surface area contributed by atoms with E-state index in [1.54, 1.807) is 17.3 Å². The third-order valence-corrected chi connectivity index (χ3v) is 6.37. The quantitative estimate of drug-likeness (QED) is 0.759. The van der Waals surface area contributed by atoms with Crippen molar-refractivity contribution in [1.29, 1.82) is 0 Å². The Balaban J connectivity index is 1.37. The van der Waals surface area contributed by atoms with Gasteiger partial charge in [-0.2, -0.15) is 11.8 Å². The second kappa shape index (κ2) is 9.22. The van der Waals surface area contributed by atoms with Crippen LogP contribution < -0.4 is 5.32 Å². The highest BCUT2D eigenvalue weighted by atomic mass is 32.2. The lowest BCUT2D eigenvalue weighted by molar-refractivity contribution is -0.129. The fourth-order valence-corrected chi connectivity index (χ4v) is 4.81. The maximum atomic E-state index is 12.3. The second-order valence-electron chi connectivity index (χ2n) is 6.96. The van der Waals surface area contributed by atoms with Gasteiger partial charge in [-0.3, -0.25) is 14.6 Å². The molecule has 3 rings (SSSR count). The highest BCUT2D eigenvalue weighted by Crippen LogP contribution is 2.27. The number of likely N-dealkylation sites (tertiary alicyclic amines) is 1. The van der Waals surface area contributed by atoms with Crippen molar-refractivity contribution in [3.63, 3.8) is 0 Å². The molecule has 5 nitrogen and oxygen atoms in total. The number of pyridine rings is 1. The van der Waals surface area contributed by atoms with E-state index < -0.39 is 0 Å². The fraction of sp³-hybridized carbons (Fsp3) is 0.632. The zero-order chi connectivity index (χ0) is 17.5. The minimum Gasteiger partial charge on any atom is -0.355 e. The molecule has 136 valence electrons. The molecular formula is C19H27N3O2S. The molecule has 2 amide bonds. The summed E-state index contributed by atoms with van der Waals surface area (Å²) in [6.07, 6.45) is 10.5. The van der Waals surface area contributed by atoms with Crippen LogP contribution in [0.4, 0.5) is 0 Å². The first-order chi connectivity index (χ1) is 12.2. The molecule has 1 aliphatic heterocycles. The normalized spacial score (nSPS) is 21.5. The summed E-state index contributed by atoms with van der Waals surface area (Å²) in [5.41, 5.74) is 1.00. The monoisotopic (exact) mass is 361 g/mol. The Morgan fingerprint density at radius 2 is 2.16 bits per heavy atom. The van der Waals surface area contributed by atoms with Gasteiger partial charge in [0.15, 0.2) is 0 Å². The van der Waals surface area contributed by atoms with Crippen molar-refractivity contribution in [1.82, 2.24) is 15.2 Å². The van der Waals surface area contributed by atoms with Crippen molar-refractivity contribution in [3.8, 4) is 0 Å². The Hall–Kier alpha value is -1.56. The highest BCUT2D eigenvalue weighted by molar-refractivity contribution is 7.99. The molecule has 1 saturated carbocycles. The van der Waals surface area contributed by atoms with Crippen molar-refractivity contribution in [2.75, 3.05) is 18.8 Å². The molecule has 0 spiro atoms. The molecule has 1 N–H and O–H groups in total. The fourth-order valence-electron chi connectivity index (χ4n) is 3.59. The molecule has 0 aromatic carbocycles. The average Bonchev–Trinajstić information content (AvgIpc) is 3.01. The van der Waals surface area contributed by atoms with Crippen LogP contribution in [0.1, 0.15) is 44.1 Å². The average molecular weight is 362 g/mol. The van der Waals surface area contributed by atoms with Crippen LogP contribution in [-0.2, 0) is 16.1 Å². The number of hydrogen-bond acceptors (Lipinski definition) is 4. The SMILES string of the molecule is O=C(NCCSC1CCCCC1)C1CC(=O)N(Cc2cccnc2)C1. The van der Waals surface area contributed by atoms with Crippen molar-refractivity contribution in [3.05, 3.63) is 30.1 Å². The van der Waals surface area contributed by atoms with Gasteiger partial charge in [0.05, 0.1) is 5.92 Å². The van der Waals surface area contributed by atoms with Crippen LogP contribution in [-0.4, -0.2) is 45.8 Å². The second-order valence-corrected chi connectivity index (χ2v) is 8.37. The third kappa shape index (κ3) is 5.46. The number of rotatable bonds is 7. The van der Waals surface area contributed by atoms with Gasteiger partial charge in [-0.25, -0.2) is 0 Å². The van der Waals surface area contributed by atoms with E-state index in [0.29, 0.717) is 26.1 Å². The van der Waals surface area contributed by atoms with Gasteiger partial charge >= 0.3 is 0 Å². The minimum absolute atomic E-state index is 0.0197. The molecule has 25 heavy (non-hydrogen) atoms. The molecule has 2 fully saturated rings. The maximum Gasteiger partial charge on any atom is 0.225 e. The smallest absolute Gasteiger partial charge is 0.225 e. The van der Waals surface area contributed by atoms with Gasteiger partial charge in [-0.1, -0.05) is 25.3 Å². The molecular weight excluding hydrogens is 334 g/mol. The van der Waals surface area contributed by atoms with E-state index in [9.17, 15) is 9.59 Å². The predicted octanol–water partition coefficient (Wildman–Crippen LogP) is 2.61. The number of amides is 2. The zero-order valence-electron chi connectivity index (χ0n) is 14.7. The van der Waals surface area contributed by atoms with Crippen molar-refractivity contribution in [2.24, 2.45) is 5.92 Å². The van der Waals surface area contributed by atoms with Crippen LogP contribution in [0.15, 0.2) is 24.5 Å². The minimum atomic E-state index is -0.219. The van der Waals surface area contributed by atoms with Gasteiger partial charge in [0, 0.05) is 49.5 Å². The molecule has 1 aromatic rings. The number of nitrogens with zero attached hydrogens (tertiary/aromatic N) is 2. The van der Waals surface area contributed by atoms with E-state index >= 15 is 0 Å². The molecule has 1 aromatic heterocycles. The van der Waals surface area contributed by atoms with Gasteiger partial charge in [0.2, 0.25) is 11.8 Å². The molecule has 1 aliphatic carbocycles. The Morgan fingerprint density at radius 1 is 1.32 bits per heavy atom. The van der Waals surface area contributed by atoms with Crippen LogP contribution in [0.25, 0.3) is 0 Å². The van der Waals surface area contributed by atoms with Gasteiger partial charge in [0.1, 0.15) is 0 Å². The van der Waals surface area contributed by atoms with Gasteiger partial charge in [-0.15, -0.1) is 0 Å². The van der Waals surface area contributed by atoms with Crippen molar-refractivity contribution in [2.45, 2.75) is 50.3 Å². The number of carbonyl (C=O) groups excluding carboxylic acids is 2. The van der Waals surface area contributed by atoms with E-state index in [0.717, 1.165) is 16.6 Å². The summed E-state index contributed by atoms with van der Waals surface area (Å²) < 4.78 is 0. The summed E-state index contributed by atoms with van der Waals surface area (Å²) in [4.78, 5) is 30.3. The van der Waals surface area contributed by atoms with E-state index in [2.05, 4.69) is 10.3 Å². The van der Waals surface area contributed by atoms with E-state index in [-0.39, 0.29) is 17.7 Å². The number of aromatic nitrogens is 1. The lowest BCUT2D eigenvalue weighted by Gasteiger charge is -2.21. The summed E-state index contributed by atoms with van der Waals surface area (Å²) in [5, 5.41) is 3.79. The van der Waals surface area contributed by atoms with Gasteiger partial charge in [0.25, 0.3) is 0 Å². The first-order valence-corrected chi connectivity index (χ1v) is 10.3. The van der Waals surface area contributed by atoms with E-state index in [1.807, 2.05) is 23.9 Å². The first-order valence-electron chi connectivity index (χ1n) is 9.28. The third-order valence-electron chi connectivity index (χ3n) is 4.99. The highest BCUT2D eigenvalue weighted by Gasteiger charge is 2.34. The molecule has 0 bridgehead atoms.